The highest BCUT2D eigenvalue weighted by Crippen LogP contribution is 2.19. The van der Waals surface area contributed by atoms with Gasteiger partial charge in [0.1, 0.15) is 5.75 Å². The molecule has 0 fully saturated rings. The molecule has 1 N–H and O–H groups in total. The van der Waals surface area contributed by atoms with Crippen molar-refractivity contribution in [2.75, 3.05) is 29.9 Å². The minimum atomic E-state index is 0.688. The molecule has 0 aliphatic carbocycles. The van der Waals surface area contributed by atoms with Gasteiger partial charge in [0.05, 0.1) is 6.61 Å². The van der Waals surface area contributed by atoms with Crippen LogP contribution in [-0.2, 0) is 13.0 Å². The molecule has 0 amide bonds. The summed E-state index contributed by atoms with van der Waals surface area (Å²) in [5.41, 5.74) is 4.91. The standard InChI is InChI=1S/C25H30N2O/c1-3-27(4-2)24-15-13-23(14-16-24)26-20-22-11-8-12-25(19-22)28-18-17-21-9-6-5-7-10-21/h5-16,19,26H,3-4,17-18,20H2,1-2H3. The molecule has 0 saturated heterocycles. The van der Waals surface area contributed by atoms with Crippen LogP contribution in [0.25, 0.3) is 0 Å². The molecule has 3 aromatic carbocycles. The van der Waals surface area contributed by atoms with Crippen molar-refractivity contribution in [2.45, 2.75) is 26.8 Å². The summed E-state index contributed by atoms with van der Waals surface area (Å²) in [6.07, 6.45) is 0.919. The largest absolute Gasteiger partial charge is 0.493 e. The molecule has 3 nitrogen and oxygen atoms in total. The van der Waals surface area contributed by atoms with E-state index in [9.17, 15) is 0 Å². The topological polar surface area (TPSA) is 24.5 Å². The Morgan fingerprint density at radius 2 is 1.50 bits per heavy atom. The lowest BCUT2D eigenvalue weighted by Gasteiger charge is -2.21. The zero-order valence-electron chi connectivity index (χ0n) is 16.9. The summed E-state index contributed by atoms with van der Waals surface area (Å²) in [5, 5.41) is 3.50. The second-order valence-corrected chi connectivity index (χ2v) is 6.80. The van der Waals surface area contributed by atoms with E-state index in [4.69, 9.17) is 4.74 Å². The van der Waals surface area contributed by atoms with Crippen LogP contribution in [0, 0.1) is 0 Å². The zero-order valence-corrected chi connectivity index (χ0v) is 16.9. The lowest BCUT2D eigenvalue weighted by atomic mass is 10.2. The van der Waals surface area contributed by atoms with Crippen LogP contribution in [0.3, 0.4) is 0 Å². The number of nitrogens with one attached hydrogen (secondary N) is 1. The van der Waals surface area contributed by atoms with Crippen LogP contribution in [0.2, 0.25) is 0 Å². The van der Waals surface area contributed by atoms with E-state index in [1.54, 1.807) is 0 Å². The predicted octanol–water partition coefficient (Wildman–Crippen LogP) is 5.77. The Morgan fingerprint density at radius 3 is 2.21 bits per heavy atom. The molecule has 0 aliphatic heterocycles. The third-order valence-corrected chi connectivity index (χ3v) is 4.89. The Morgan fingerprint density at radius 1 is 0.786 bits per heavy atom. The van der Waals surface area contributed by atoms with E-state index >= 15 is 0 Å². The molecule has 0 spiro atoms. The SMILES string of the molecule is CCN(CC)c1ccc(NCc2cccc(OCCc3ccccc3)c2)cc1. The summed E-state index contributed by atoms with van der Waals surface area (Å²) in [5.74, 6) is 0.923. The summed E-state index contributed by atoms with van der Waals surface area (Å²) >= 11 is 0. The molecule has 0 saturated carbocycles. The van der Waals surface area contributed by atoms with Crippen LogP contribution >= 0.6 is 0 Å². The highest BCUT2D eigenvalue weighted by Gasteiger charge is 2.02. The second kappa shape index (κ2) is 10.4. The summed E-state index contributed by atoms with van der Waals surface area (Å²) in [7, 11) is 0. The quantitative estimate of drug-likeness (QED) is 0.488. The number of hydrogen-bond donors (Lipinski definition) is 1. The van der Waals surface area contributed by atoms with Gasteiger partial charge in [0.2, 0.25) is 0 Å². The van der Waals surface area contributed by atoms with Gasteiger partial charge < -0.3 is 15.0 Å². The average molecular weight is 375 g/mol. The van der Waals surface area contributed by atoms with Crippen LogP contribution in [0.15, 0.2) is 78.9 Å². The first-order valence-electron chi connectivity index (χ1n) is 10.1. The third-order valence-electron chi connectivity index (χ3n) is 4.89. The fraction of sp³-hybridized carbons (Fsp3) is 0.280. The molecule has 3 heteroatoms. The van der Waals surface area contributed by atoms with Crippen molar-refractivity contribution in [3.63, 3.8) is 0 Å². The molecule has 0 heterocycles. The second-order valence-electron chi connectivity index (χ2n) is 6.80. The van der Waals surface area contributed by atoms with Gasteiger partial charge in [0, 0.05) is 37.4 Å². The number of benzene rings is 3. The van der Waals surface area contributed by atoms with Gasteiger partial charge in [-0.25, -0.2) is 0 Å². The molecule has 0 atom stereocenters. The summed E-state index contributed by atoms with van der Waals surface area (Å²) in [6, 6.07) is 27.4. The maximum atomic E-state index is 5.94. The number of rotatable bonds is 10. The van der Waals surface area contributed by atoms with E-state index in [1.807, 2.05) is 12.1 Å². The molecule has 28 heavy (non-hydrogen) atoms. The van der Waals surface area contributed by atoms with Gasteiger partial charge in [-0.05, 0) is 61.4 Å². The van der Waals surface area contributed by atoms with E-state index in [0.717, 1.165) is 37.5 Å². The molecule has 0 radical (unpaired) electrons. The highest BCUT2D eigenvalue weighted by atomic mass is 16.5. The normalized spacial score (nSPS) is 10.5. The molecule has 0 unspecified atom stereocenters. The molecule has 3 rings (SSSR count). The Kier molecular flexibility index (Phi) is 7.36. The maximum Gasteiger partial charge on any atom is 0.119 e. The van der Waals surface area contributed by atoms with E-state index < -0.39 is 0 Å². The smallest absolute Gasteiger partial charge is 0.119 e. The highest BCUT2D eigenvalue weighted by molar-refractivity contribution is 5.55. The summed E-state index contributed by atoms with van der Waals surface area (Å²) < 4.78 is 5.94. The van der Waals surface area contributed by atoms with Crippen molar-refractivity contribution in [2.24, 2.45) is 0 Å². The number of hydrogen-bond acceptors (Lipinski definition) is 3. The van der Waals surface area contributed by atoms with Crippen molar-refractivity contribution in [1.29, 1.82) is 0 Å². The van der Waals surface area contributed by atoms with Gasteiger partial charge in [-0.1, -0.05) is 42.5 Å². The average Bonchev–Trinajstić information content (AvgIpc) is 2.75. The number of anilines is 2. The van der Waals surface area contributed by atoms with Crippen molar-refractivity contribution in [3.8, 4) is 5.75 Å². The van der Waals surface area contributed by atoms with Crippen molar-refractivity contribution in [3.05, 3.63) is 90.0 Å². The van der Waals surface area contributed by atoms with Crippen molar-refractivity contribution >= 4 is 11.4 Å². The van der Waals surface area contributed by atoms with Crippen LogP contribution in [0.1, 0.15) is 25.0 Å². The van der Waals surface area contributed by atoms with Gasteiger partial charge in [0.15, 0.2) is 0 Å². The lowest BCUT2D eigenvalue weighted by Crippen LogP contribution is -2.21. The van der Waals surface area contributed by atoms with E-state index in [1.165, 1.54) is 16.8 Å². The number of nitrogens with zero attached hydrogens (tertiary/aromatic N) is 1. The Hall–Kier alpha value is -2.94. The Balaban J connectivity index is 1.50. The third kappa shape index (κ3) is 5.78. The Bertz CT molecular complexity index is 827. The molecule has 0 bridgehead atoms. The molecule has 0 aromatic heterocycles. The molecular weight excluding hydrogens is 344 g/mol. The molecule has 0 aliphatic rings. The van der Waals surface area contributed by atoms with Crippen molar-refractivity contribution < 1.29 is 4.74 Å². The van der Waals surface area contributed by atoms with Crippen LogP contribution in [-0.4, -0.2) is 19.7 Å². The maximum absolute atomic E-state index is 5.94. The predicted molar refractivity (Wildman–Crippen MR) is 119 cm³/mol. The molecular formula is C25H30N2O. The molecule has 146 valence electrons. The zero-order chi connectivity index (χ0) is 19.6. The fourth-order valence-corrected chi connectivity index (χ4v) is 3.26. The van der Waals surface area contributed by atoms with Gasteiger partial charge in [-0.3, -0.25) is 0 Å². The minimum Gasteiger partial charge on any atom is -0.493 e. The Labute approximate surface area is 169 Å². The van der Waals surface area contributed by atoms with Crippen molar-refractivity contribution in [1.82, 2.24) is 0 Å². The van der Waals surface area contributed by atoms with E-state index in [0.29, 0.717) is 6.61 Å². The first-order valence-corrected chi connectivity index (χ1v) is 10.1. The lowest BCUT2D eigenvalue weighted by molar-refractivity contribution is 0.321. The first kappa shape index (κ1) is 19.8. The first-order chi connectivity index (χ1) is 13.8. The summed E-state index contributed by atoms with van der Waals surface area (Å²) in [6.45, 7) is 7.89. The van der Waals surface area contributed by atoms with E-state index in [2.05, 4.69) is 90.8 Å². The van der Waals surface area contributed by atoms with Crippen LogP contribution in [0.5, 0.6) is 5.75 Å². The van der Waals surface area contributed by atoms with Crippen LogP contribution in [0.4, 0.5) is 11.4 Å². The fourth-order valence-electron chi connectivity index (χ4n) is 3.26. The number of ether oxygens (including phenoxy) is 1. The monoisotopic (exact) mass is 374 g/mol. The van der Waals surface area contributed by atoms with Gasteiger partial charge in [0.25, 0.3) is 0 Å². The van der Waals surface area contributed by atoms with Crippen LogP contribution < -0.4 is 15.0 Å². The minimum absolute atomic E-state index is 0.688. The van der Waals surface area contributed by atoms with Gasteiger partial charge in [-0.15, -0.1) is 0 Å². The van der Waals surface area contributed by atoms with E-state index in [-0.39, 0.29) is 0 Å². The molecule has 3 aromatic rings. The van der Waals surface area contributed by atoms with Gasteiger partial charge >= 0.3 is 0 Å². The van der Waals surface area contributed by atoms with Gasteiger partial charge in [-0.2, -0.15) is 0 Å². The summed E-state index contributed by atoms with van der Waals surface area (Å²) in [4.78, 5) is 2.35.